The zero-order valence-corrected chi connectivity index (χ0v) is 6.72. The molecule has 0 aromatic carbocycles. The number of halogens is 6. The van der Waals surface area contributed by atoms with Crippen LogP contribution in [0, 0.1) is 0 Å². The molecule has 0 aromatic rings. The Balaban J connectivity index is 0. The molecule has 0 fully saturated rings. The van der Waals surface area contributed by atoms with E-state index >= 15 is 0 Å². The van der Waals surface area contributed by atoms with Crippen molar-refractivity contribution in [3.8, 4) is 0 Å². The summed E-state index contributed by atoms with van der Waals surface area (Å²) in [5, 5.41) is 0.542. The normalized spacial score (nSPS) is 12.6. The van der Waals surface area contributed by atoms with E-state index in [1.807, 2.05) is 0 Å². The molecule has 0 unspecified atom stereocenters. The van der Waals surface area contributed by atoms with Gasteiger partial charge in [0.2, 0.25) is 0 Å². The number of rotatable bonds is 0. The molecule has 0 amide bonds. The third kappa shape index (κ3) is 11.4. The molecule has 10 heavy (non-hydrogen) atoms. The van der Waals surface area contributed by atoms with E-state index in [0.717, 1.165) is 0 Å². The first-order valence-electron chi connectivity index (χ1n) is 1.58. The second-order valence-electron chi connectivity index (χ2n) is 1.05. The molecule has 0 rings (SSSR count). The number of alkyl halides is 6. The van der Waals surface area contributed by atoms with Gasteiger partial charge in [0, 0.05) is 0 Å². The minimum atomic E-state index is -5.52. The second-order valence-corrected chi connectivity index (χ2v) is 1.05. The first-order valence-corrected chi connectivity index (χ1v) is 1.58. The Morgan fingerprint density at radius 1 is 0.700 bits per heavy atom. The number of nitrogens with zero attached hydrogens (tertiary/aromatic N) is 1. The minimum absolute atomic E-state index is 0. The van der Waals surface area contributed by atoms with Gasteiger partial charge in [0.15, 0.2) is 0 Å². The molecule has 0 bridgehead atoms. The largest absolute Gasteiger partial charge is 1.00 e. The van der Waals surface area contributed by atoms with E-state index < -0.39 is 12.6 Å². The quantitative estimate of drug-likeness (QED) is 0.265. The van der Waals surface area contributed by atoms with Crippen LogP contribution < -0.4 is 29.6 Å². The number of hydrogen-bond donors (Lipinski definition) is 0. The average molecular weight is 175 g/mol. The summed E-state index contributed by atoms with van der Waals surface area (Å²) in [7, 11) is 0. The van der Waals surface area contributed by atoms with Gasteiger partial charge in [0.05, 0.1) is 0 Å². The van der Waals surface area contributed by atoms with Crippen molar-refractivity contribution in [2.75, 3.05) is 0 Å². The zero-order chi connectivity index (χ0) is 7.71. The van der Waals surface area contributed by atoms with Crippen LogP contribution in [0.2, 0.25) is 0 Å². The van der Waals surface area contributed by atoms with E-state index in [4.69, 9.17) is 0 Å². The van der Waals surface area contributed by atoms with Gasteiger partial charge in [-0.05, 0) is 0 Å². The molecule has 0 aromatic heterocycles. The van der Waals surface area contributed by atoms with E-state index in [0.29, 0.717) is 5.32 Å². The molecular formula is C2F6NNa. The van der Waals surface area contributed by atoms with E-state index in [-0.39, 0.29) is 29.6 Å². The summed E-state index contributed by atoms with van der Waals surface area (Å²) in [6.07, 6.45) is -11.0. The van der Waals surface area contributed by atoms with E-state index in [1.165, 1.54) is 0 Å². The topological polar surface area (TPSA) is 14.1 Å². The van der Waals surface area contributed by atoms with Crippen LogP contribution in [0.5, 0.6) is 0 Å². The van der Waals surface area contributed by atoms with Crippen LogP contribution in [0.3, 0.4) is 0 Å². The predicted molar refractivity (Wildman–Crippen MR) is 15.5 cm³/mol. The van der Waals surface area contributed by atoms with Gasteiger partial charge in [-0.25, -0.2) is 0 Å². The Morgan fingerprint density at radius 3 is 0.900 bits per heavy atom. The van der Waals surface area contributed by atoms with Gasteiger partial charge in [-0.1, -0.05) is 0 Å². The third-order valence-corrected chi connectivity index (χ3v) is 0.254. The molecule has 56 valence electrons. The van der Waals surface area contributed by atoms with Crippen LogP contribution in [0.25, 0.3) is 5.32 Å². The van der Waals surface area contributed by atoms with Crippen molar-refractivity contribution in [1.29, 1.82) is 0 Å². The molecule has 8 heteroatoms. The summed E-state index contributed by atoms with van der Waals surface area (Å²) in [6, 6.07) is 0. The monoisotopic (exact) mass is 175 g/mol. The molecule has 0 spiro atoms. The van der Waals surface area contributed by atoms with Gasteiger partial charge >= 0.3 is 42.2 Å². The molecular weight excluding hydrogens is 175 g/mol. The SMILES string of the molecule is FC(F)(F)[N-]C(F)(F)F.[Na+]. The maximum atomic E-state index is 10.7. The van der Waals surface area contributed by atoms with Crippen molar-refractivity contribution >= 4 is 0 Å². The van der Waals surface area contributed by atoms with Gasteiger partial charge in [0.1, 0.15) is 0 Å². The molecule has 0 saturated carbocycles. The van der Waals surface area contributed by atoms with Gasteiger partial charge in [-0.2, -0.15) is 26.3 Å². The predicted octanol–water partition coefficient (Wildman–Crippen LogP) is -0.596. The maximum Gasteiger partial charge on any atom is 1.00 e. The van der Waals surface area contributed by atoms with Gasteiger partial charge in [0.25, 0.3) is 0 Å². The molecule has 0 aliphatic heterocycles. The first kappa shape index (κ1) is 13.2. The van der Waals surface area contributed by atoms with Crippen molar-refractivity contribution in [3.05, 3.63) is 5.32 Å². The molecule has 0 heterocycles. The fraction of sp³-hybridized carbons (Fsp3) is 1.00. The van der Waals surface area contributed by atoms with E-state index in [1.54, 1.807) is 0 Å². The Labute approximate surface area is 74.1 Å². The van der Waals surface area contributed by atoms with Gasteiger partial charge < -0.3 is 5.32 Å². The fourth-order valence-electron chi connectivity index (χ4n) is 0.144. The van der Waals surface area contributed by atoms with Crippen LogP contribution in [-0.2, 0) is 0 Å². The summed E-state index contributed by atoms with van der Waals surface area (Å²) >= 11 is 0. The van der Waals surface area contributed by atoms with Crippen molar-refractivity contribution in [1.82, 2.24) is 0 Å². The minimum Gasteiger partial charge on any atom is -0.478 e. The summed E-state index contributed by atoms with van der Waals surface area (Å²) in [5.74, 6) is 0. The standard InChI is InChI=1S/C2F6N.Na/c3-1(4,5)9-2(6,7)8;/q-1;+1. The summed E-state index contributed by atoms with van der Waals surface area (Å²) in [6.45, 7) is 0. The maximum absolute atomic E-state index is 10.7. The molecule has 0 atom stereocenters. The van der Waals surface area contributed by atoms with Crippen molar-refractivity contribution in [2.24, 2.45) is 0 Å². The Hall–Kier alpha value is 0.540. The van der Waals surface area contributed by atoms with Crippen molar-refractivity contribution in [2.45, 2.75) is 12.6 Å². The van der Waals surface area contributed by atoms with Crippen LogP contribution in [-0.4, -0.2) is 12.6 Å². The second kappa shape index (κ2) is 3.80. The number of hydrogen-bond acceptors (Lipinski definition) is 0. The molecule has 0 radical (unpaired) electrons. The summed E-state index contributed by atoms with van der Waals surface area (Å²) < 4.78 is 64.0. The third-order valence-electron chi connectivity index (χ3n) is 0.254. The van der Waals surface area contributed by atoms with Crippen LogP contribution in [0.15, 0.2) is 0 Å². The molecule has 1 nitrogen and oxygen atoms in total. The Kier molecular flexibility index (Phi) is 4.99. The Bertz CT molecular complexity index is 80.9. The van der Waals surface area contributed by atoms with Gasteiger partial charge in [-0.15, -0.1) is 0 Å². The van der Waals surface area contributed by atoms with Crippen molar-refractivity contribution < 1.29 is 55.9 Å². The molecule has 0 saturated heterocycles. The van der Waals surface area contributed by atoms with E-state index in [2.05, 4.69) is 0 Å². The molecule has 0 aliphatic carbocycles. The molecule has 0 aliphatic rings. The van der Waals surface area contributed by atoms with Crippen molar-refractivity contribution in [3.63, 3.8) is 0 Å². The Morgan fingerprint density at radius 2 is 0.900 bits per heavy atom. The van der Waals surface area contributed by atoms with Crippen LogP contribution in [0.4, 0.5) is 26.3 Å². The molecule has 0 N–H and O–H groups in total. The zero-order valence-electron chi connectivity index (χ0n) is 4.72. The van der Waals surface area contributed by atoms with Crippen LogP contribution in [0.1, 0.15) is 0 Å². The van der Waals surface area contributed by atoms with E-state index in [9.17, 15) is 26.3 Å². The first-order chi connectivity index (χ1) is 3.71. The average Bonchev–Trinajstić information content (AvgIpc) is 1.14. The van der Waals surface area contributed by atoms with Gasteiger partial charge in [-0.3, -0.25) is 0 Å². The van der Waals surface area contributed by atoms with Crippen LogP contribution >= 0.6 is 0 Å². The summed E-state index contributed by atoms with van der Waals surface area (Å²) in [5.41, 5.74) is 0. The fourth-order valence-corrected chi connectivity index (χ4v) is 0.144. The summed E-state index contributed by atoms with van der Waals surface area (Å²) in [4.78, 5) is 0. The smallest absolute Gasteiger partial charge is 0.478 e.